The number of aromatic nitrogens is 2. The van der Waals surface area contributed by atoms with Crippen molar-refractivity contribution in [2.45, 2.75) is 78.8 Å². The first-order valence-corrected chi connectivity index (χ1v) is 7.72. The second-order valence-electron chi connectivity index (χ2n) is 4.80. The van der Waals surface area contributed by atoms with Gasteiger partial charge in [0, 0.05) is 0 Å². The molecule has 1 aromatic heterocycles. The van der Waals surface area contributed by atoms with Crippen LogP contribution in [0.1, 0.15) is 52.4 Å². The van der Waals surface area contributed by atoms with Crippen LogP contribution in [0.3, 0.4) is 0 Å². The van der Waals surface area contributed by atoms with Crippen LogP contribution in [0.2, 0.25) is 0 Å². The van der Waals surface area contributed by atoms with E-state index in [2.05, 4.69) is 41.7 Å². The van der Waals surface area contributed by atoms with Crippen molar-refractivity contribution >= 4 is 0 Å². The summed E-state index contributed by atoms with van der Waals surface area (Å²) in [7, 11) is 0. The second-order valence-corrected chi connectivity index (χ2v) is 4.80. The summed E-state index contributed by atoms with van der Waals surface area (Å²) >= 11 is 0. The summed E-state index contributed by atoms with van der Waals surface area (Å²) < 4.78 is 62.6. The second kappa shape index (κ2) is 17.1. The van der Waals surface area contributed by atoms with Crippen LogP contribution in [0.15, 0.2) is 18.7 Å². The number of halogens is 6. The van der Waals surface area contributed by atoms with Crippen molar-refractivity contribution in [2.24, 2.45) is 0 Å². The predicted octanol–water partition coefficient (Wildman–Crippen LogP) is 5.51. The molecule has 0 fully saturated rings. The van der Waals surface area contributed by atoms with Gasteiger partial charge in [0.15, 0.2) is 0 Å². The Kier molecular flexibility index (Phi) is 17.9. The first kappa shape index (κ1) is 24.0. The maximum atomic E-state index is 9.67. The van der Waals surface area contributed by atoms with Crippen molar-refractivity contribution in [3.63, 3.8) is 0 Å². The van der Waals surface area contributed by atoms with Crippen LogP contribution in [-0.4, -0.2) is 17.9 Å². The Labute approximate surface area is 134 Å². The molecule has 23 heavy (non-hydrogen) atoms. The van der Waals surface area contributed by atoms with Gasteiger partial charge >= 0.3 is 13.4 Å². The third-order valence-electron chi connectivity index (χ3n) is 2.79. The van der Waals surface area contributed by atoms with Gasteiger partial charge < -0.3 is 0 Å². The van der Waals surface area contributed by atoms with Gasteiger partial charge in [-0.05, 0) is 19.3 Å². The van der Waals surface area contributed by atoms with Crippen LogP contribution in [-0.2, 0) is 13.1 Å². The number of alkyl halides is 6. The number of hydrogen-bond acceptors (Lipinski definition) is 0. The van der Waals surface area contributed by atoms with E-state index in [4.69, 9.17) is 0 Å². The number of nitrogens with zero attached hydrogens (tertiary/aromatic N) is 2. The van der Waals surface area contributed by atoms with Crippen molar-refractivity contribution in [1.29, 1.82) is 0 Å². The number of aryl methyl sites for hydroxylation is 2. The number of imidazole rings is 1. The lowest BCUT2D eigenvalue weighted by Gasteiger charge is -1.96. The zero-order valence-corrected chi connectivity index (χ0v) is 13.7. The molecule has 0 saturated heterocycles. The van der Waals surface area contributed by atoms with E-state index in [0.717, 1.165) is 0 Å². The quantitative estimate of drug-likeness (QED) is 0.332. The van der Waals surface area contributed by atoms with Crippen LogP contribution < -0.4 is 4.57 Å². The lowest BCUT2D eigenvalue weighted by atomic mass is 10.2. The van der Waals surface area contributed by atoms with Crippen LogP contribution in [0.4, 0.5) is 26.3 Å². The SMILES string of the molecule is CCCCCC[n+]1ccn(CCCC)c1.FC(F)F.FC(F)F. The molecule has 0 spiro atoms. The van der Waals surface area contributed by atoms with E-state index in [1.54, 1.807) is 0 Å². The van der Waals surface area contributed by atoms with Crippen molar-refractivity contribution in [1.82, 2.24) is 4.57 Å². The topological polar surface area (TPSA) is 8.81 Å². The summed E-state index contributed by atoms with van der Waals surface area (Å²) in [5.41, 5.74) is 0. The van der Waals surface area contributed by atoms with Gasteiger partial charge in [0.2, 0.25) is 6.33 Å². The van der Waals surface area contributed by atoms with Gasteiger partial charge in [-0.15, -0.1) is 0 Å². The first-order valence-electron chi connectivity index (χ1n) is 7.72. The molecule has 0 atom stereocenters. The van der Waals surface area contributed by atoms with Gasteiger partial charge in [-0.1, -0.05) is 33.1 Å². The standard InChI is InChI=1S/C13H25N2.2CHF3/c1-3-5-7-8-10-15-12-11-14(13-15)9-6-4-2;2*2-1(3)4/h11-13H,3-10H2,1-2H3;2*1H/q+1;;. The fourth-order valence-electron chi connectivity index (χ4n) is 1.77. The van der Waals surface area contributed by atoms with E-state index in [-0.39, 0.29) is 0 Å². The zero-order chi connectivity index (χ0) is 18.1. The van der Waals surface area contributed by atoms with E-state index >= 15 is 0 Å². The van der Waals surface area contributed by atoms with Crippen LogP contribution in [0, 0.1) is 0 Å². The summed E-state index contributed by atoms with van der Waals surface area (Å²) in [6.07, 6.45) is 14.6. The molecule has 0 unspecified atom stereocenters. The Hall–Kier alpha value is -1.21. The predicted molar refractivity (Wildman–Crippen MR) is 77.9 cm³/mol. The van der Waals surface area contributed by atoms with E-state index in [9.17, 15) is 26.3 Å². The third-order valence-corrected chi connectivity index (χ3v) is 2.79. The highest BCUT2D eigenvalue weighted by molar-refractivity contribution is 4.65. The lowest BCUT2D eigenvalue weighted by Crippen LogP contribution is -2.30. The largest absolute Gasteiger partial charge is 0.379 e. The average molecular weight is 349 g/mol. The molecule has 0 saturated carbocycles. The van der Waals surface area contributed by atoms with Crippen molar-refractivity contribution in [3.8, 4) is 0 Å². The van der Waals surface area contributed by atoms with Crippen molar-refractivity contribution in [2.75, 3.05) is 0 Å². The maximum absolute atomic E-state index is 9.67. The van der Waals surface area contributed by atoms with Gasteiger partial charge in [-0.3, -0.25) is 0 Å². The molecule has 1 heterocycles. The van der Waals surface area contributed by atoms with Crippen LogP contribution in [0.5, 0.6) is 0 Å². The summed E-state index contributed by atoms with van der Waals surface area (Å²) in [6, 6.07) is 0. The van der Waals surface area contributed by atoms with Crippen LogP contribution >= 0.6 is 0 Å². The molecule has 2 nitrogen and oxygen atoms in total. The van der Waals surface area contributed by atoms with Gasteiger partial charge in [-0.25, -0.2) is 9.13 Å². The molecule has 0 N–H and O–H groups in total. The van der Waals surface area contributed by atoms with E-state index in [1.165, 1.54) is 51.6 Å². The van der Waals surface area contributed by atoms with E-state index < -0.39 is 13.4 Å². The monoisotopic (exact) mass is 349 g/mol. The Balaban J connectivity index is 0. The van der Waals surface area contributed by atoms with Crippen molar-refractivity contribution in [3.05, 3.63) is 18.7 Å². The molecule has 0 amide bonds. The number of hydrogen-bond donors (Lipinski definition) is 0. The van der Waals surface area contributed by atoms with Gasteiger partial charge in [0.1, 0.15) is 12.4 Å². The summed E-state index contributed by atoms with van der Waals surface area (Å²) in [6.45, 7) is -0.492. The Morgan fingerprint density at radius 3 is 1.83 bits per heavy atom. The van der Waals surface area contributed by atoms with Gasteiger partial charge in [-0.2, -0.15) is 26.3 Å². The minimum absolute atomic E-state index is 1.17. The highest BCUT2D eigenvalue weighted by atomic mass is 19.4. The molecule has 0 bridgehead atoms. The maximum Gasteiger partial charge on any atom is 0.379 e. The fourth-order valence-corrected chi connectivity index (χ4v) is 1.77. The summed E-state index contributed by atoms with van der Waals surface area (Å²) in [4.78, 5) is 0. The van der Waals surface area contributed by atoms with E-state index in [0.29, 0.717) is 0 Å². The minimum Gasteiger partial charge on any atom is -0.237 e. The first-order chi connectivity index (χ1) is 10.8. The number of rotatable bonds is 8. The Bertz CT molecular complexity index is 333. The normalized spacial score (nSPS) is 10.2. The minimum atomic E-state index is -3.67. The number of unbranched alkanes of at least 4 members (excludes halogenated alkanes) is 4. The molecular weight excluding hydrogens is 322 g/mol. The molecule has 0 aliphatic heterocycles. The Morgan fingerprint density at radius 1 is 0.826 bits per heavy atom. The molecule has 0 radical (unpaired) electrons. The molecule has 0 aliphatic rings. The average Bonchev–Trinajstić information content (AvgIpc) is 2.88. The van der Waals surface area contributed by atoms with Gasteiger partial charge in [0.25, 0.3) is 0 Å². The smallest absolute Gasteiger partial charge is 0.237 e. The zero-order valence-electron chi connectivity index (χ0n) is 13.7. The lowest BCUT2D eigenvalue weighted by molar-refractivity contribution is -0.696. The molecule has 0 aliphatic carbocycles. The molecule has 8 heteroatoms. The molecule has 1 aromatic rings. The van der Waals surface area contributed by atoms with Crippen molar-refractivity contribution < 1.29 is 30.9 Å². The summed E-state index contributed by atoms with van der Waals surface area (Å²) in [5.74, 6) is 0. The third kappa shape index (κ3) is 23.2. The summed E-state index contributed by atoms with van der Waals surface area (Å²) in [5, 5.41) is 0. The highest BCUT2D eigenvalue weighted by Gasteiger charge is 2.02. The Morgan fingerprint density at radius 2 is 1.35 bits per heavy atom. The highest BCUT2D eigenvalue weighted by Crippen LogP contribution is 1.99. The molecular formula is C15H27F6N2+. The van der Waals surface area contributed by atoms with Gasteiger partial charge in [0.05, 0.1) is 13.1 Å². The molecule has 1 rings (SSSR count). The molecule has 138 valence electrons. The molecule has 0 aromatic carbocycles. The van der Waals surface area contributed by atoms with Crippen LogP contribution in [0.25, 0.3) is 0 Å². The van der Waals surface area contributed by atoms with E-state index in [1.807, 2.05) is 0 Å². The fraction of sp³-hybridized carbons (Fsp3) is 0.800.